The van der Waals surface area contributed by atoms with Crippen molar-refractivity contribution in [3.63, 3.8) is 0 Å². The number of carbonyl (C=O) groups is 3. The van der Waals surface area contributed by atoms with Crippen LogP contribution in [0.3, 0.4) is 0 Å². The first kappa shape index (κ1) is 35.3. The second-order valence-electron chi connectivity index (χ2n) is 11.1. The summed E-state index contributed by atoms with van der Waals surface area (Å²) in [6.07, 6.45) is 8.12. The number of nitrogens with zero attached hydrogens (tertiary/aromatic N) is 3. The van der Waals surface area contributed by atoms with Gasteiger partial charge in [-0.1, -0.05) is 113 Å². The Labute approximate surface area is 297 Å². The maximum Gasteiger partial charge on any atom is 0.285 e. The highest BCUT2D eigenvalue weighted by molar-refractivity contribution is 9.10. The fraction of sp³-hybridized carbons (Fsp3) is 0.128. The molecule has 0 saturated carbocycles. The number of amides is 3. The Bertz CT molecular complexity index is 1990. The standard InChI is InChI=1S/C39H34BrFN4O3S/c1-5-7-18-31(6-2)45-38(48)32(22-29-21-25(3)44(26(29)4)34-20-19-30(40)23-33(34)41)37(47)43-39(45)49-24-35(46)42-36(27-14-10-8-11-15-27)28-16-12-9-13-17-28/h5-23,36H,1,24H2,2-4H3,(H,42,46)/b18-7-,31-6+,32-22+. The minimum atomic E-state index is -0.738. The third-order valence-corrected chi connectivity index (χ3v) is 9.27. The first-order chi connectivity index (χ1) is 23.6. The van der Waals surface area contributed by atoms with E-state index < -0.39 is 23.7 Å². The minimum Gasteiger partial charge on any atom is -0.344 e. The zero-order valence-electron chi connectivity index (χ0n) is 27.2. The molecule has 5 rings (SSSR count). The number of thioether (sulfide) groups is 1. The third kappa shape index (κ3) is 7.98. The van der Waals surface area contributed by atoms with Crippen LogP contribution in [0.5, 0.6) is 0 Å². The lowest BCUT2D eigenvalue weighted by Gasteiger charge is -2.28. The number of benzene rings is 3. The molecule has 1 aromatic heterocycles. The number of aryl methyl sites for hydroxylation is 1. The van der Waals surface area contributed by atoms with Gasteiger partial charge in [-0.3, -0.25) is 19.3 Å². The van der Waals surface area contributed by atoms with Crippen molar-refractivity contribution in [1.82, 2.24) is 14.8 Å². The summed E-state index contributed by atoms with van der Waals surface area (Å²) in [5, 5.41) is 3.16. The Morgan fingerprint density at radius 1 is 1.02 bits per heavy atom. The Morgan fingerprint density at radius 3 is 2.27 bits per heavy atom. The summed E-state index contributed by atoms with van der Waals surface area (Å²) in [6, 6.07) is 25.4. The van der Waals surface area contributed by atoms with Gasteiger partial charge in [-0.05, 0) is 73.9 Å². The van der Waals surface area contributed by atoms with Crippen LogP contribution in [0.25, 0.3) is 11.8 Å². The average Bonchev–Trinajstić information content (AvgIpc) is 3.37. The Kier molecular flexibility index (Phi) is 11.4. The monoisotopic (exact) mass is 736 g/mol. The van der Waals surface area contributed by atoms with Crippen molar-refractivity contribution in [2.24, 2.45) is 4.99 Å². The van der Waals surface area contributed by atoms with Gasteiger partial charge in [0.1, 0.15) is 11.4 Å². The summed E-state index contributed by atoms with van der Waals surface area (Å²) in [7, 11) is 0. The maximum absolute atomic E-state index is 14.9. The molecule has 10 heteroatoms. The molecule has 0 unspecified atom stereocenters. The topological polar surface area (TPSA) is 83.8 Å². The van der Waals surface area contributed by atoms with Crippen LogP contribution in [-0.2, 0) is 14.4 Å². The summed E-state index contributed by atoms with van der Waals surface area (Å²) < 4.78 is 17.3. The molecule has 3 aromatic carbocycles. The third-order valence-electron chi connectivity index (χ3n) is 7.83. The number of halogens is 2. The normalized spacial score (nSPS) is 14.6. The second kappa shape index (κ2) is 15.9. The molecule has 0 radical (unpaired) electrons. The maximum atomic E-state index is 14.9. The molecule has 49 heavy (non-hydrogen) atoms. The summed E-state index contributed by atoms with van der Waals surface area (Å²) in [6.45, 7) is 9.10. The van der Waals surface area contributed by atoms with E-state index >= 15 is 0 Å². The molecule has 1 N–H and O–H groups in total. The number of amidine groups is 1. The summed E-state index contributed by atoms with van der Waals surface area (Å²) >= 11 is 4.29. The molecule has 1 aliphatic rings. The van der Waals surface area contributed by atoms with Gasteiger partial charge < -0.3 is 9.88 Å². The summed E-state index contributed by atoms with van der Waals surface area (Å²) in [5.41, 5.74) is 4.38. The molecule has 0 saturated heterocycles. The highest BCUT2D eigenvalue weighted by Crippen LogP contribution is 2.30. The molecule has 4 aromatic rings. The van der Waals surface area contributed by atoms with Crippen LogP contribution in [0.1, 0.15) is 41.0 Å². The van der Waals surface area contributed by atoms with Gasteiger partial charge in [0.05, 0.1) is 17.5 Å². The van der Waals surface area contributed by atoms with Gasteiger partial charge in [-0.2, -0.15) is 4.99 Å². The van der Waals surface area contributed by atoms with Crippen LogP contribution in [0.2, 0.25) is 0 Å². The lowest BCUT2D eigenvalue weighted by molar-refractivity contribution is -0.126. The van der Waals surface area contributed by atoms with E-state index in [-0.39, 0.29) is 22.4 Å². The average molecular weight is 738 g/mol. The molecule has 0 bridgehead atoms. The van der Waals surface area contributed by atoms with Crippen LogP contribution in [-0.4, -0.2) is 38.1 Å². The predicted molar refractivity (Wildman–Crippen MR) is 199 cm³/mol. The number of allylic oxidation sites excluding steroid dienone is 4. The van der Waals surface area contributed by atoms with Gasteiger partial charge >= 0.3 is 0 Å². The number of aliphatic imine (C=N–C) groups is 1. The lowest BCUT2D eigenvalue weighted by atomic mass is 9.99. The first-order valence-electron chi connectivity index (χ1n) is 15.4. The van der Waals surface area contributed by atoms with E-state index in [4.69, 9.17) is 0 Å². The smallest absolute Gasteiger partial charge is 0.285 e. The van der Waals surface area contributed by atoms with Crippen LogP contribution in [0, 0.1) is 19.7 Å². The number of nitrogens with one attached hydrogen (secondary N) is 1. The van der Waals surface area contributed by atoms with Gasteiger partial charge in [0.2, 0.25) is 5.91 Å². The van der Waals surface area contributed by atoms with Gasteiger partial charge in [-0.25, -0.2) is 4.39 Å². The number of rotatable bonds is 10. The zero-order valence-corrected chi connectivity index (χ0v) is 29.6. The summed E-state index contributed by atoms with van der Waals surface area (Å²) in [5.74, 6) is -2.17. The van der Waals surface area contributed by atoms with Crippen LogP contribution < -0.4 is 5.32 Å². The molecular formula is C39H34BrFN4O3S. The minimum absolute atomic E-state index is 0.0718. The van der Waals surface area contributed by atoms with E-state index in [1.807, 2.05) is 67.6 Å². The number of carbonyl (C=O) groups excluding carboxylic acids is 3. The fourth-order valence-electron chi connectivity index (χ4n) is 5.52. The van der Waals surface area contributed by atoms with E-state index in [0.717, 1.165) is 28.6 Å². The molecule has 248 valence electrons. The zero-order chi connectivity index (χ0) is 35.1. The van der Waals surface area contributed by atoms with E-state index in [0.29, 0.717) is 27.1 Å². The van der Waals surface area contributed by atoms with Crippen LogP contribution in [0.4, 0.5) is 4.39 Å². The van der Waals surface area contributed by atoms with Gasteiger partial charge in [0.25, 0.3) is 11.8 Å². The van der Waals surface area contributed by atoms with E-state index in [1.165, 1.54) is 17.0 Å². The second-order valence-corrected chi connectivity index (χ2v) is 12.9. The van der Waals surface area contributed by atoms with Gasteiger partial charge in [0, 0.05) is 21.6 Å². The molecule has 0 fully saturated rings. The van der Waals surface area contributed by atoms with Crippen molar-refractivity contribution >= 4 is 56.7 Å². The number of hydrogen-bond donors (Lipinski definition) is 1. The number of hydrogen-bond acceptors (Lipinski definition) is 4. The molecular weight excluding hydrogens is 703 g/mol. The summed E-state index contributed by atoms with van der Waals surface area (Å²) in [4.78, 5) is 46.7. The van der Waals surface area contributed by atoms with Crippen LogP contribution in [0.15, 0.2) is 137 Å². The highest BCUT2D eigenvalue weighted by Gasteiger charge is 2.35. The van der Waals surface area contributed by atoms with Gasteiger partial charge in [-0.15, -0.1) is 0 Å². The van der Waals surface area contributed by atoms with Crippen molar-refractivity contribution in [1.29, 1.82) is 0 Å². The fourth-order valence-corrected chi connectivity index (χ4v) is 6.66. The van der Waals surface area contributed by atoms with Crippen molar-refractivity contribution < 1.29 is 18.8 Å². The highest BCUT2D eigenvalue weighted by atomic mass is 79.9. The molecule has 0 spiro atoms. The van der Waals surface area contributed by atoms with Crippen molar-refractivity contribution in [2.75, 3.05) is 5.75 Å². The SMILES string of the molecule is C=C/C=C\C(=C/C)N1C(=O)/C(=C/c2cc(C)n(-c3ccc(Br)cc3F)c2C)C(=O)N=C1SCC(=O)NC(c1ccccc1)c1ccccc1. The van der Waals surface area contributed by atoms with E-state index in [1.54, 1.807) is 60.9 Å². The van der Waals surface area contributed by atoms with Gasteiger partial charge in [0.15, 0.2) is 5.17 Å². The Hall–Kier alpha value is -5.06. The molecule has 0 aliphatic carbocycles. The Balaban J connectivity index is 1.46. The van der Waals surface area contributed by atoms with Crippen molar-refractivity contribution in [3.05, 3.63) is 165 Å². The molecule has 2 heterocycles. The predicted octanol–water partition coefficient (Wildman–Crippen LogP) is 8.39. The molecule has 0 atom stereocenters. The lowest BCUT2D eigenvalue weighted by Crippen LogP contribution is -2.42. The quantitative estimate of drug-likeness (QED) is 0.101. The van der Waals surface area contributed by atoms with Crippen LogP contribution >= 0.6 is 27.7 Å². The molecule has 7 nitrogen and oxygen atoms in total. The molecule has 3 amide bonds. The largest absolute Gasteiger partial charge is 0.344 e. The molecule has 1 aliphatic heterocycles. The van der Waals surface area contributed by atoms with E-state index in [9.17, 15) is 18.8 Å². The number of aromatic nitrogens is 1. The Morgan fingerprint density at radius 2 is 1.67 bits per heavy atom. The first-order valence-corrected chi connectivity index (χ1v) is 17.2. The van der Waals surface area contributed by atoms with Crippen molar-refractivity contribution in [2.45, 2.75) is 26.8 Å². The van der Waals surface area contributed by atoms with E-state index in [2.05, 4.69) is 32.8 Å². The van der Waals surface area contributed by atoms with Crippen molar-refractivity contribution in [3.8, 4) is 5.69 Å².